The van der Waals surface area contributed by atoms with Crippen LogP contribution in [0.3, 0.4) is 0 Å². The maximum atomic E-state index is 15.1. The average molecular weight is 333 g/mol. The van der Waals surface area contributed by atoms with Crippen LogP contribution < -0.4 is 4.90 Å². The molecule has 0 saturated carbocycles. The van der Waals surface area contributed by atoms with Crippen molar-refractivity contribution >= 4 is 16.7 Å². The summed E-state index contributed by atoms with van der Waals surface area (Å²) in [7, 11) is 0. The Morgan fingerprint density at radius 3 is 2.52 bits per heavy atom. The van der Waals surface area contributed by atoms with E-state index in [9.17, 15) is 0 Å². The molecular formula is C19H16FN5. The van der Waals surface area contributed by atoms with E-state index in [-0.39, 0.29) is 5.82 Å². The van der Waals surface area contributed by atoms with Crippen molar-refractivity contribution in [1.29, 1.82) is 0 Å². The lowest BCUT2D eigenvalue weighted by Gasteiger charge is -2.33. The molecule has 1 fully saturated rings. The summed E-state index contributed by atoms with van der Waals surface area (Å²) in [6.07, 6.45) is 6.42. The lowest BCUT2D eigenvalue weighted by atomic mass is 10.1. The zero-order valence-corrected chi connectivity index (χ0v) is 13.5. The van der Waals surface area contributed by atoms with Gasteiger partial charge in [0.25, 0.3) is 0 Å². The van der Waals surface area contributed by atoms with Crippen molar-refractivity contribution in [3.63, 3.8) is 0 Å². The van der Waals surface area contributed by atoms with Gasteiger partial charge in [-0.2, -0.15) is 5.10 Å². The van der Waals surface area contributed by atoms with Crippen LogP contribution in [0.5, 0.6) is 0 Å². The fourth-order valence-electron chi connectivity index (χ4n) is 3.28. The number of halogens is 1. The molecular weight excluding hydrogens is 317 g/mol. The molecule has 1 N–H and O–H groups in total. The highest BCUT2D eigenvalue weighted by atomic mass is 19.1. The SMILES string of the molecule is Fc1c(N2CCC2)ccc2ncn(-c3ccc(-c4cn[nH]c4)cc3)c12. The summed E-state index contributed by atoms with van der Waals surface area (Å²) in [6, 6.07) is 11.7. The van der Waals surface area contributed by atoms with Crippen LogP contribution >= 0.6 is 0 Å². The zero-order chi connectivity index (χ0) is 16.8. The number of nitrogens with one attached hydrogen (secondary N) is 1. The number of hydrogen-bond acceptors (Lipinski definition) is 3. The van der Waals surface area contributed by atoms with Gasteiger partial charge in [0, 0.05) is 30.5 Å². The van der Waals surface area contributed by atoms with Gasteiger partial charge in [0.15, 0.2) is 5.82 Å². The molecule has 0 spiro atoms. The fraction of sp³-hybridized carbons (Fsp3) is 0.158. The molecule has 1 aliphatic heterocycles. The molecule has 0 unspecified atom stereocenters. The Balaban J connectivity index is 1.60. The highest BCUT2D eigenvalue weighted by Crippen LogP contribution is 2.31. The average Bonchev–Trinajstić information content (AvgIpc) is 3.25. The van der Waals surface area contributed by atoms with Gasteiger partial charge in [-0.3, -0.25) is 9.67 Å². The molecule has 0 radical (unpaired) electrons. The van der Waals surface area contributed by atoms with Crippen LogP contribution in [-0.2, 0) is 0 Å². The number of aromatic nitrogens is 4. The second-order valence-corrected chi connectivity index (χ2v) is 6.26. The summed E-state index contributed by atoms with van der Waals surface area (Å²) in [5.74, 6) is -0.200. The molecule has 0 atom stereocenters. The molecule has 2 aromatic carbocycles. The van der Waals surface area contributed by atoms with Crippen molar-refractivity contribution in [1.82, 2.24) is 19.7 Å². The molecule has 124 valence electrons. The highest BCUT2D eigenvalue weighted by Gasteiger charge is 2.21. The van der Waals surface area contributed by atoms with E-state index in [1.54, 1.807) is 12.5 Å². The summed E-state index contributed by atoms with van der Waals surface area (Å²) >= 11 is 0. The molecule has 4 aromatic rings. The van der Waals surface area contributed by atoms with E-state index < -0.39 is 0 Å². The first-order valence-electron chi connectivity index (χ1n) is 8.31. The maximum absolute atomic E-state index is 15.1. The number of H-pyrrole nitrogens is 1. The summed E-state index contributed by atoms with van der Waals surface area (Å²) in [6.45, 7) is 1.83. The van der Waals surface area contributed by atoms with Gasteiger partial charge in [-0.1, -0.05) is 12.1 Å². The highest BCUT2D eigenvalue weighted by molar-refractivity contribution is 5.83. The van der Waals surface area contributed by atoms with Crippen LogP contribution in [0.1, 0.15) is 6.42 Å². The number of anilines is 1. The molecule has 0 amide bonds. The van der Waals surface area contributed by atoms with Gasteiger partial charge in [0.1, 0.15) is 11.8 Å². The van der Waals surface area contributed by atoms with Crippen molar-refractivity contribution < 1.29 is 4.39 Å². The standard InChI is InChI=1S/C19H16FN5/c20-18-17(24-8-1-9-24)7-6-16-19(18)25(12-21-16)15-4-2-13(3-5-15)14-10-22-23-11-14/h2-7,10-12H,1,8-9H2,(H,22,23). The minimum Gasteiger partial charge on any atom is -0.369 e. The third kappa shape index (κ3) is 2.21. The first kappa shape index (κ1) is 14.2. The number of imidazole rings is 1. The van der Waals surface area contributed by atoms with E-state index in [2.05, 4.69) is 20.1 Å². The third-order valence-electron chi connectivity index (χ3n) is 4.80. The van der Waals surface area contributed by atoms with Gasteiger partial charge in [-0.05, 0) is 36.2 Å². The normalized spacial score (nSPS) is 14.0. The van der Waals surface area contributed by atoms with E-state index in [1.165, 1.54) is 0 Å². The molecule has 5 nitrogen and oxygen atoms in total. The topological polar surface area (TPSA) is 49.7 Å². The predicted octanol–water partition coefficient (Wildman–Crippen LogP) is 3.76. The van der Waals surface area contributed by atoms with Crippen molar-refractivity contribution in [2.24, 2.45) is 0 Å². The number of hydrogen-bond donors (Lipinski definition) is 1. The van der Waals surface area contributed by atoms with E-state index in [1.807, 2.05) is 47.2 Å². The van der Waals surface area contributed by atoms with Gasteiger partial charge in [-0.25, -0.2) is 9.37 Å². The minimum atomic E-state index is -0.200. The number of nitrogens with zero attached hydrogens (tertiary/aromatic N) is 4. The number of fused-ring (bicyclic) bond motifs is 1. The Labute approximate surface area is 143 Å². The summed E-state index contributed by atoms with van der Waals surface area (Å²) < 4.78 is 16.9. The molecule has 0 bridgehead atoms. The summed E-state index contributed by atoms with van der Waals surface area (Å²) in [5.41, 5.74) is 4.82. The maximum Gasteiger partial charge on any atom is 0.172 e. The second-order valence-electron chi connectivity index (χ2n) is 6.26. The van der Waals surface area contributed by atoms with Crippen molar-refractivity contribution in [3.05, 3.63) is 60.9 Å². The van der Waals surface area contributed by atoms with E-state index >= 15 is 4.39 Å². The molecule has 1 saturated heterocycles. The van der Waals surface area contributed by atoms with Crippen molar-refractivity contribution in [2.45, 2.75) is 6.42 Å². The summed E-state index contributed by atoms with van der Waals surface area (Å²) in [5, 5.41) is 6.78. The lowest BCUT2D eigenvalue weighted by Crippen LogP contribution is -2.37. The lowest BCUT2D eigenvalue weighted by molar-refractivity contribution is 0.577. The zero-order valence-electron chi connectivity index (χ0n) is 13.5. The quantitative estimate of drug-likeness (QED) is 0.621. The second kappa shape index (κ2) is 5.44. The van der Waals surface area contributed by atoms with Gasteiger partial charge >= 0.3 is 0 Å². The largest absolute Gasteiger partial charge is 0.369 e. The molecule has 5 rings (SSSR count). The van der Waals surface area contributed by atoms with Crippen molar-refractivity contribution in [3.8, 4) is 16.8 Å². The predicted molar refractivity (Wildman–Crippen MR) is 95.4 cm³/mol. The van der Waals surface area contributed by atoms with Crippen LogP contribution in [0.25, 0.3) is 27.8 Å². The molecule has 0 aliphatic carbocycles. The Bertz CT molecular complexity index is 1030. The molecule has 25 heavy (non-hydrogen) atoms. The third-order valence-corrected chi connectivity index (χ3v) is 4.80. The Kier molecular flexibility index (Phi) is 3.09. The van der Waals surface area contributed by atoms with E-state index in [0.29, 0.717) is 16.7 Å². The van der Waals surface area contributed by atoms with Crippen LogP contribution in [0, 0.1) is 5.82 Å². The first-order chi connectivity index (χ1) is 12.3. The number of rotatable bonds is 3. The van der Waals surface area contributed by atoms with Crippen molar-refractivity contribution in [2.75, 3.05) is 18.0 Å². The molecule has 6 heteroatoms. The van der Waals surface area contributed by atoms with Gasteiger partial charge < -0.3 is 4.90 Å². The van der Waals surface area contributed by atoms with Crippen LogP contribution in [0.4, 0.5) is 10.1 Å². The van der Waals surface area contributed by atoms with Gasteiger partial charge in [-0.15, -0.1) is 0 Å². The monoisotopic (exact) mass is 333 g/mol. The fourth-order valence-corrected chi connectivity index (χ4v) is 3.28. The summed E-state index contributed by atoms with van der Waals surface area (Å²) in [4.78, 5) is 6.43. The Morgan fingerprint density at radius 2 is 1.84 bits per heavy atom. The minimum absolute atomic E-state index is 0.200. The van der Waals surface area contributed by atoms with E-state index in [0.717, 1.165) is 36.3 Å². The first-order valence-corrected chi connectivity index (χ1v) is 8.31. The van der Waals surface area contributed by atoms with Gasteiger partial charge in [0.05, 0.1) is 17.4 Å². The van der Waals surface area contributed by atoms with Crippen LogP contribution in [0.2, 0.25) is 0 Å². The van der Waals surface area contributed by atoms with Crippen LogP contribution in [-0.4, -0.2) is 32.8 Å². The molecule has 1 aliphatic rings. The Morgan fingerprint density at radius 1 is 1.00 bits per heavy atom. The van der Waals surface area contributed by atoms with Crippen LogP contribution in [0.15, 0.2) is 55.1 Å². The smallest absolute Gasteiger partial charge is 0.172 e. The Hall–Kier alpha value is -3.15. The number of aromatic amines is 1. The molecule has 3 heterocycles. The molecule has 2 aromatic heterocycles. The number of benzene rings is 2. The van der Waals surface area contributed by atoms with E-state index in [4.69, 9.17) is 0 Å². The van der Waals surface area contributed by atoms with Gasteiger partial charge in [0.2, 0.25) is 0 Å².